The molecule has 3 aliphatic rings. The maximum atomic E-state index is 12.2. The number of anilines is 3. The molecule has 220 valence electrons. The Hall–Kier alpha value is -3.95. The van der Waals surface area contributed by atoms with E-state index in [0.29, 0.717) is 54.2 Å². The van der Waals surface area contributed by atoms with E-state index in [1.54, 1.807) is 0 Å². The minimum Gasteiger partial charge on any atom is -0.389 e. The number of hydrogen-bond acceptors (Lipinski definition) is 11. The average Bonchev–Trinajstić information content (AvgIpc) is 3.62. The Morgan fingerprint density at radius 3 is 2.74 bits per heavy atom. The van der Waals surface area contributed by atoms with Crippen LogP contribution in [-0.4, -0.2) is 89.7 Å². The second kappa shape index (κ2) is 11.0. The zero-order chi connectivity index (χ0) is 29.6. The minimum absolute atomic E-state index is 0.0392. The van der Waals surface area contributed by atoms with E-state index in [1.807, 2.05) is 11.0 Å². The Labute approximate surface area is 250 Å². The topological polar surface area (TPSA) is 132 Å². The first-order valence-electron chi connectivity index (χ1n) is 14.5. The molecule has 0 spiro atoms. The Kier molecular flexibility index (Phi) is 7.41. The van der Waals surface area contributed by atoms with Gasteiger partial charge in [-0.25, -0.2) is 4.98 Å². The van der Waals surface area contributed by atoms with Crippen molar-refractivity contribution in [2.24, 2.45) is 0 Å². The van der Waals surface area contributed by atoms with Gasteiger partial charge in [-0.05, 0) is 52.3 Å². The molecule has 2 N–H and O–H groups in total. The molecule has 2 aliphatic heterocycles. The SMILES string of the molecule is C=CC(=O)N1CCN(c2cc(-c3noc([C@]4(C)CCCc5sc(N)c(C#N)c54)n3)nc(N3CCN(C)C[C@@H]3C)c2)CC1. The molecule has 2 saturated heterocycles. The highest BCUT2D eigenvalue weighted by Crippen LogP contribution is 2.48. The standard InChI is InChI=1S/C30H37N9O2S/c1-5-25(40)38-12-10-37(11-13-38)20-15-22(33-24(16-20)39-14-9-36(4)18-19(39)2)28-34-29(41-35-28)30(3)8-6-7-23-26(30)21(17-31)27(32)42-23/h5,15-16,19H,1,6-14,18,32H2,2-4H3/t19-,30+/m0/s1. The van der Waals surface area contributed by atoms with Crippen LogP contribution in [0.5, 0.6) is 0 Å². The lowest BCUT2D eigenvalue weighted by Gasteiger charge is -2.40. The van der Waals surface area contributed by atoms with Gasteiger partial charge in [-0.15, -0.1) is 11.3 Å². The number of nitriles is 1. The van der Waals surface area contributed by atoms with Crippen LogP contribution >= 0.6 is 11.3 Å². The highest BCUT2D eigenvalue weighted by molar-refractivity contribution is 7.16. The van der Waals surface area contributed by atoms with E-state index in [9.17, 15) is 10.1 Å². The summed E-state index contributed by atoms with van der Waals surface area (Å²) in [4.78, 5) is 32.1. The molecule has 3 aromatic heterocycles. The summed E-state index contributed by atoms with van der Waals surface area (Å²) >= 11 is 1.49. The summed E-state index contributed by atoms with van der Waals surface area (Å²) in [5, 5.41) is 14.9. The first-order valence-corrected chi connectivity index (χ1v) is 15.3. The first-order chi connectivity index (χ1) is 20.2. The lowest BCUT2D eigenvalue weighted by molar-refractivity contribution is -0.126. The largest absolute Gasteiger partial charge is 0.389 e. The van der Waals surface area contributed by atoms with Crippen LogP contribution in [0, 0.1) is 11.3 Å². The summed E-state index contributed by atoms with van der Waals surface area (Å²) in [6.07, 6.45) is 4.01. The smallest absolute Gasteiger partial charge is 0.246 e. The van der Waals surface area contributed by atoms with Gasteiger partial charge in [0.15, 0.2) is 0 Å². The highest BCUT2D eigenvalue weighted by atomic mass is 32.1. The fraction of sp³-hybridized carbons (Fsp3) is 0.500. The van der Waals surface area contributed by atoms with Gasteiger partial charge >= 0.3 is 0 Å². The molecular formula is C30H37N9O2S. The average molecular weight is 588 g/mol. The van der Waals surface area contributed by atoms with E-state index < -0.39 is 5.41 Å². The molecule has 0 unspecified atom stereocenters. The number of aromatic nitrogens is 3. The van der Waals surface area contributed by atoms with Gasteiger partial charge in [-0.1, -0.05) is 11.7 Å². The summed E-state index contributed by atoms with van der Waals surface area (Å²) in [6.45, 7) is 13.3. The van der Waals surface area contributed by atoms with Crippen molar-refractivity contribution in [2.75, 3.05) is 68.4 Å². The third-order valence-electron chi connectivity index (χ3n) is 8.93. The molecule has 5 heterocycles. The quantitative estimate of drug-likeness (QED) is 0.444. The van der Waals surface area contributed by atoms with Crippen molar-refractivity contribution < 1.29 is 9.32 Å². The molecular weight excluding hydrogens is 550 g/mol. The normalized spacial score (nSPS) is 23.0. The maximum absolute atomic E-state index is 12.2. The predicted octanol–water partition coefficient (Wildman–Crippen LogP) is 3.26. The molecule has 0 saturated carbocycles. The first kappa shape index (κ1) is 28.2. The molecule has 0 radical (unpaired) electrons. The van der Waals surface area contributed by atoms with E-state index in [2.05, 4.69) is 59.5 Å². The van der Waals surface area contributed by atoms with Crippen molar-refractivity contribution in [3.05, 3.63) is 46.7 Å². The van der Waals surface area contributed by atoms with Gasteiger partial charge in [0, 0.05) is 74.0 Å². The zero-order valence-electron chi connectivity index (χ0n) is 24.5. The number of nitrogen functional groups attached to an aromatic ring is 1. The van der Waals surface area contributed by atoms with Crippen LogP contribution in [0.3, 0.4) is 0 Å². The van der Waals surface area contributed by atoms with Crippen molar-refractivity contribution in [2.45, 2.75) is 44.6 Å². The summed E-state index contributed by atoms with van der Waals surface area (Å²) in [7, 11) is 2.14. The number of carbonyl (C=O) groups excluding carboxylic acids is 1. The number of hydrogen-bond donors (Lipinski definition) is 1. The van der Waals surface area contributed by atoms with E-state index in [-0.39, 0.29) is 11.9 Å². The number of aryl methyl sites for hydroxylation is 1. The fourth-order valence-corrected chi connectivity index (χ4v) is 7.79. The van der Waals surface area contributed by atoms with Gasteiger partial charge in [-0.2, -0.15) is 10.2 Å². The van der Waals surface area contributed by atoms with Gasteiger partial charge in [0.2, 0.25) is 17.6 Å². The Balaban J connectivity index is 1.37. The third kappa shape index (κ3) is 4.90. The molecule has 0 bridgehead atoms. The number of rotatable bonds is 5. The molecule has 0 aromatic carbocycles. The fourth-order valence-electron chi connectivity index (χ4n) is 6.60. The summed E-state index contributed by atoms with van der Waals surface area (Å²) in [6, 6.07) is 6.76. The molecule has 11 nitrogen and oxygen atoms in total. The van der Waals surface area contributed by atoms with Crippen molar-refractivity contribution in [3.63, 3.8) is 0 Å². The third-order valence-corrected chi connectivity index (χ3v) is 10.0. The number of pyridine rings is 1. The van der Waals surface area contributed by atoms with E-state index in [4.69, 9.17) is 20.2 Å². The predicted molar refractivity (Wildman–Crippen MR) is 164 cm³/mol. The molecule has 6 rings (SSSR count). The number of nitrogens with zero attached hydrogens (tertiary/aromatic N) is 8. The van der Waals surface area contributed by atoms with Crippen LogP contribution in [0.4, 0.5) is 16.5 Å². The van der Waals surface area contributed by atoms with E-state index in [0.717, 1.165) is 60.8 Å². The monoisotopic (exact) mass is 587 g/mol. The van der Waals surface area contributed by atoms with Crippen molar-refractivity contribution in [1.82, 2.24) is 24.9 Å². The Morgan fingerprint density at radius 2 is 2.02 bits per heavy atom. The zero-order valence-corrected chi connectivity index (χ0v) is 25.3. The number of nitrogens with two attached hydrogens (primary N) is 1. The molecule has 1 aliphatic carbocycles. The number of amides is 1. The van der Waals surface area contributed by atoms with Crippen LogP contribution < -0.4 is 15.5 Å². The number of likely N-dealkylation sites (N-methyl/N-ethyl adjacent to an activating group) is 1. The lowest BCUT2D eigenvalue weighted by atomic mass is 9.72. The molecule has 2 fully saturated rings. The molecule has 2 atom stereocenters. The van der Waals surface area contributed by atoms with E-state index in [1.165, 1.54) is 17.4 Å². The van der Waals surface area contributed by atoms with Gasteiger partial charge in [0.1, 0.15) is 22.6 Å². The second-order valence-electron chi connectivity index (χ2n) is 11.7. The highest BCUT2D eigenvalue weighted by Gasteiger charge is 2.43. The number of thiophene rings is 1. The van der Waals surface area contributed by atoms with Crippen LogP contribution in [0.15, 0.2) is 29.3 Å². The summed E-state index contributed by atoms with van der Waals surface area (Å²) in [5.74, 6) is 1.74. The van der Waals surface area contributed by atoms with Gasteiger partial charge < -0.3 is 29.9 Å². The van der Waals surface area contributed by atoms with Crippen LogP contribution in [0.2, 0.25) is 0 Å². The molecule has 1 amide bonds. The number of carbonyl (C=O) groups is 1. The molecule has 12 heteroatoms. The lowest BCUT2D eigenvalue weighted by Crippen LogP contribution is -2.51. The second-order valence-corrected chi connectivity index (χ2v) is 12.9. The van der Waals surface area contributed by atoms with Gasteiger partial charge in [0.25, 0.3) is 0 Å². The van der Waals surface area contributed by atoms with Crippen LogP contribution in [0.25, 0.3) is 11.5 Å². The number of piperazine rings is 2. The van der Waals surface area contributed by atoms with E-state index >= 15 is 0 Å². The van der Waals surface area contributed by atoms with Crippen LogP contribution in [0.1, 0.15) is 48.6 Å². The summed E-state index contributed by atoms with van der Waals surface area (Å²) in [5.41, 5.74) is 8.74. The van der Waals surface area contributed by atoms with Gasteiger partial charge in [0.05, 0.1) is 11.0 Å². The van der Waals surface area contributed by atoms with Crippen molar-refractivity contribution in [3.8, 4) is 17.6 Å². The Morgan fingerprint density at radius 1 is 1.24 bits per heavy atom. The summed E-state index contributed by atoms with van der Waals surface area (Å²) < 4.78 is 5.95. The molecule has 3 aromatic rings. The van der Waals surface area contributed by atoms with Crippen molar-refractivity contribution >= 4 is 33.8 Å². The van der Waals surface area contributed by atoms with Crippen molar-refractivity contribution in [1.29, 1.82) is 5.26 Å². The molecule has 42 heavy (non-hydrogen) atoms. The van der Waals surface area contributed by atoms with Gasteiger partial charge in [-0.3, -0.25) is 4.79 Å². The van der Waals surface area contributed by atoms with Crippen LogP contribution in [-0.2, 0) is 16.6 Å². The minimum atomic E-state index is -0.599. The number of fused-ring (bicyclic) bond motifs is 1. The Bertz CT molecular complexity index is 1550. The maximum Gasteiger partial charge on any atom is 0.246 e.